The topological polar surface area (TPSA) is 86.8 Å². The molecule has 0 bridgehead atoms. The fourth-order valence-corrected chi connectivity index (χ4v) is 5.50. The van der Waals surface area contributed by atoms with Crippen LogP contribution in [-0.2, 0) is 32.6 Å². The Bertz CT molecular complexity index is 1310. The van der Waals surface area contributed by atoms with Gasteiger partial charge in [-0.15, -0.1) is 0 Å². The number of hydrogen-bond donors (Lipinski definition) is 1. The van der Waals surface area contributed by atoms with E-state index >= 15 is 0 Å². The van der Waals surface area contributed by atoms with Gasteiger partial charge in [0.2, 0.25) is 21.8 Å². The fraction of sp³-hybridized carbons (Fsp3) is 0.286. The average Bonchev–Trinajstić information content (AvgIpc) is 2.87. The third-order valence-electron chi connectivity index (χ3n) is 5.95. The Kier molecular flexibility index (Phi) is 10.0. The van der Waals surface area contributed by atoms with Gasteiger partial charge in [0, 0.05) is 31.0 Å². The summed E-state index contributed by atoms with van der Waals surface area (Å²) in [6.45, 7) is 3.84. The molecule has 0 radical (unpaired) electrons. The van der Waals surface area contributed by atoms with Crippen LogP contribution in [0.1, 0.15) is 23.6 Å². The summed E-state index contributed by atoms with van der Waals surface area (Å²) >= 11 is 3.46. The number of amides is 2. The summed E-state index contributed by atoms with van der Waals surface area (Å²) in [4.78, 5) is 28.6. The van der Waals surface area contributed by atoms with E-state index in [1.165, 1.54) is 24.1 Å². The van der Waals surface area contributed by atoms with Crippen LogP contribution in [0.4, 0.5) is 0 Å². The van der Waals surface area contributed by atoms with Crippen molar-refractivity contribution >= 4 is 37.8 Å². The van der Waals surface area contributed by atoms with E-state index < -0.39 is 28.5 Å². The summed E-state index contributed by atoms with van der Waals surface area (Å²) < 4.78 is 28.2. The number of aryl methyl sites for hydroxylation is 1. The Morgan fingerprint density at radius 1 is 0.946 bits per heavy atom. The van der Waals surface area contributed by atoms with Gasteiger partial charge in [0.25, 0.3) is 0 Å². The van der Waals surface area contributed by atoms with Crippen LogP contribution in [0.25, 0.3) is 0 Å². The van der Waals surface area contributed by atoms with Gasteiger partial charge < -0.3 is 10.2 Å². The van der Waals surface area contributed by atoms with Crippen LogP contribution in [0.2, 0.25) is 0 Å². The van der Waals surface area contributed by atoms with E-state index in [-0.39, 0.29) is 17.3 Å². The van der Waals surface area contributed by atoms with Crippen molar-refractivity contribution in [3.63, 3.8) is 0 Å². The first-order chi connectivity index (χ1) is 17.6. The van der Waals surface area contributed by atoms with E-state index in [1.54, 1.807) is 12.1 Å². The predicted octanol–water partition coefficient (Wildman–Crippen LogP) is 4.15. The third kappa shape index (κ3) is 7.74. The number of benzene rings is 3. The normalized spacial score (nSPS) is 12.2. The van der Waals surface area contributed by atoms with Gasteiger partial charge in [-0.2, -0.15) is 4.31 Å². The Balaban J connectivity index is 1.95. The number of carbonyl (C=O) groups is 2. The molecule has 1 unspecified atom stereocenters. The quantitative estimate of drug-likeness (QED) is 0.366. The number of nitrogens with one attached hydrogen (secondary N) is 1. The maximum atomic E-state index is 13.7. The minimum Gasteiger partial charge on any atom is -0.355 e. The van der Waals surface area contributed by atoms with Crippen molar-refractivity contribution in [3.8, 4) is 0 Å². The van der Waals surface area contributed by atoms with Crippen molar-refractivity contribution in [2.24, 2.45) is 0 Å². The Hall–Kier alpha value is -3.01. The second-order valence-electron chi connectivity index (χ2n) is 8.83. The van der Waals surface area contributed by atoms with Crippen molar-refractivity contribution in [2.75, 3.05) is 20.1 Å². The lowest BCUT2D eigenvalue weighted by Crippen LogP contribution is -2.53. The van der Waals surface area contributed by atoms with Crippen molar-refractivity contribution in [3.05, 3.63) is 100 Å². The lowest BCUT2D eigenvalue weighted by molar-refractivity contribution is -0.141. The lowest BCUT2D eigenvalue weighted by atomic mass is 10.0. The zero-order valence-corrected chi connectivity index (χ0v) is 23.6. The zero-order valence-electron chi connectivity index (χ0n) is 21.2. The lowest BCUT2D eigenvalue weighted by Gasteiger charge is -2.32. The van der Waals surface area contributed by atoms with E-state index in [9.17, 15) is 18.0 Å². The molecule has 0 aromatic heterocycles. The number of carbonyl (C=O) groups excluding carboxylic acids is 2. The van der Waals surface area contributed by atoms with Crippen LogP contribution in [-0.4, -0.2) is 55.6 Å². The van der Waals surface area contributed by atoms with Crippen LogP contribution < -0.4 is 5.32 Å². The molecule has 0 fully saturated rings. The molecule has 0 saturated heterocycles. The summed E-state index contributed by atoms with van der Waals surface area (Å²) in [7, 11) is -2.52. The number of sulfonamides is 1. The average molecular weight is 587 g/mol. The van der Waals surface area contributed by atoms with E-state index in [2.05, 4.69) is 21.2 Å². The molecule has 9 heteroatoms. The number of halogens is 1. The summed E-state index contributed by atoms with van der Waals surface area (Å²) in [5, 5.41) is 2.84. The number of likely N-dealkylation sites (N-methyl/N-ethyl adjacent to an activating group) is 2. The molecule has 0 spiro atoms. The molecule has 2 amide bonds. The molecule has 7 nitrogen and oxygen atoms in total. The maximum Gasteiger partial charge on any atom is 0.243 e. The van der Waals surface area contributed by atoms with Gasteiger partial charge in [0.05, 0.1) is 11.4 Å². The van der Waals surface area contributed by atoms with Crippen molar-refractivity contribution in [1.82, 2.24) is 14.5 Å². The van der Waals surface area contributed by atoms with Crippen LogP contribution in [0.15, 0.2) is 88.2 Å². The number of nitrogens with zero attached hydrogens (tertiary/aromatic N) is 2. The molecule has 3 aromatic rings. The largest absolute Gasteiger partial charge is 0.355 e. The summed E-state index contributed by atoms with van der Waals surface area (Å²) in [6, 6.07) is 22.6. The van der Waals surface area contributed by atoms with E-state index in [0.29, 0.717) is 13.0 Å². The summed E-state index contributed by atoms with van der Waals surface area (Å²) in [6.07, 6.45) is 0.293. The Labute approximate surface area is 227 Å². The Morgan fingerprint density at radius 2 is 1.59 bits per heavy atom. The monoisotopic (exact) mass is 585 g/mol. The summed E-state index contributed by atoms with van der Waals surface area (Å²) in [5.74, 6) is -0.760. The SMILES string of the molecule is CCNC(=O)C(Cc1ccccc1)N(Cc1cccc(Br)c1)C(=O)CN(C)S(=O)(=O)c1ccc(C)cc1. The van der Waals surface area contributed by atoms with Gasteiger partial charge in [-0.1, -0.05) is 76.1 Å². The molecular weight excluding hydrogens is 554 g/mol. The second-order valence-corrected chi connectivity index (χ2v) is 11.8. The minimum atomic E-state index is -3.90. The summed E-state index contributed by atoms with van der Waals surface area (Å²) in [5.41, 5.74) is 2.64. The molecule has 0 aliphatic rings. The highest BCUT2D eigenvalue weighted by Crippen LogP contribution is 2.20. The second kappa shape index (κ2) is 13.0. The molecule has 37 heavy (non-hydrogen) atoms. The van der Waals surface area contributed by atoms with Crippen LogP contribution >= 0.6 is 15.9 Å². The Morgan fingerprint density at radius 3 is 2.22 bits per heavy atom. The first-order valence-corrected chi connectivity index (χ1v) is 14.2. The van der Waals surface area contributed by atoms with Gasteiger partial charge in [-0.25, -0.2) is 8.42 Å². The van der Waals surface area contributed by atoms with E-state index in [4.69, 9.17) is 0 Å². The molecule has 0 aliphatic heterocycles. The molecule has 3 rings (SSSR count). The first kappa shape index (κ1) is 28.6. The number of rotatable bonds is 11. The van der Waals surface area contributed by atoms with Crippen molar-refractivity contribution in [2.45, 2.75) is 37.8 Å². The minimum absolute atomic E-state index is 0.108. The van der Waals surface area contributed by atoms with Crippen LogP contribution in [0.5, 0.6) is 0 Å². The van der Waals surface area contributed by atoms with Gasteiger partial charge in [0.1, 0.15) is 6.04 Å². The van der Waals surface area contributed by atoms with Crippen molar-refractivity contribution < 1.29 is 18.0 Å². The highest BCUT2D eigenvalue weighted by Gasteiger charge is 2.32. The number of hydrogen-bond acceptors (Lipinski definition) is 4. The molecule has 1 N–H and O–H groups in total. The van der Waals surface area contributed by atoms with Gasteiger partial charge in [0.15, 0.2) is 0 Å². The maximum absolute atomic E-state index is 13.7. The first-order valence-electron chi connectivity index (χ1n) is 12.0. The van der Waals surface area contributed by atoms with Gasteiger partial charge in [-0.05, 0) is 49.2 Å². The molecule has 0 saturated carbocycles. The standard InChI is InChI=1S/C28H32BrN3O4S/c1-4-30-28(34)26(18-22-9-6-5-7-10-22)32(19-23-11-8-12-24(29)17-23)27(33)20-31(3)37(35,36)25-15-13-21(2)14-16-25/h5-17,26H,4,18-20H2,1-3H3,(H,30,34). The van der Waals surface area contributed by atoms with Crippen LogP contribution in [0, 0.1) is 6.92 Å². The highest BCUT2D eigenvalue weighted by atomic mass is 79.9. The third-order valence-corrected chi connectivity index (χ3v) is 8.26. The molecule has 3 aromatic carbocycles. The van der Waals surface area contributed by atoms with E-state index in [1.807, 2.05) is 68.4 Å². The zero-order chi connectivity index (χ0) is 27.0. The van der Waals surface area contributed by atoms with Crippen molar-refractivity contribution in [1.29, 1.82) is 0 Å². The molecular formula is C28H32BrN3O4S. The highest BCUT2D eigenvalue weighted by molar-refractivity contribution is 9.10. The van der Waals surface area contributed by atoms with Gasteiger partial charge in [-0.3, -0.25) is 9.59 Å². The molecule has 0 heterocycles. The van der Waals surface area contributed by atoms with E-state index in [0.717, 1.165) is 25.5 Å². The van der Waals surface area contributed by atoms with Gasteiger partial charge >= 0.3 is 0 Å². The smallest absolute Gasteiger partial charge is 0.243 e. The predicted molar refractivity (Wildman–Crippen MR) is 148 cm³/mol. The fourth-order valence-electron chi connectivity index (χ4n) is 3.93. The molecule has 0 aliphatic carbocycles. The molecule has 1 atom stereocenters. The van der Waals surface area contributed by atoms with Crippen LogP contribution in [0.3, 0.4) is 0 Å². The molecule has 196 valence electrons.